The zero-order valence-electron chi connectivity index (χ0n) is 14.1. The Labute approximate surface area is 149 Å². The first kappa shape index (κ1) is 15.0. The molecular formula is C20H16N2O4. The molecule has 1 aromatic heterocycles. The van der Waals surface area contributed by atoms with Crippen LogP contribution in [-0.2, 0) is 16.1 Å². The van der Waals surface area contributed by atoms with Crippen LogP contribution in [0.3, 0.4) is 0 Å². The Morgan fingerprint density at radius 2 is 2.12 bits per heavy atom. The normalized spacial score (nSPS) is 19.5. The molecule has 1 unspecified atom stereocenters. The lowest BCUT2D eigenvalue weighted by Gasteiger charge is -2.43. The molecule has 0 aliphatic carbocycles. The Kier molecular flexibility index (Phi) is 2.82. The van der Waals surface area contributed by atoms with E-state index in [0.717, 1.165) is 34.6 Å². The molecular weight excluding hydrogens is 332 g/mol. The number of allylic oxidation sites excluding steroid dienone is 1. The number of phenols is 1. The third kappa shape index (κ3) is 1.71. The van der Waals surface area contributed by atoms with Gasteiger partial charge in [-0.25, -0.2) is 4.79 Å². The fourth-order valence-corrected chi connectivity index (χ4v) is 4.10. The van der Waals surface area contributed by atoms with Gasteiger partial charge in [-0.15, -0.1) is 0 Å². The Bertz CT molecular complexity index is 1120. The number of nitrogens with one attached hydrogen (secondary N) is 1. The summed E-state index contributed by atoms with van der Waals surface area (Å²) in [6, 6.07) is 6.94. The lowest BCUT2D eigenvalue weighted by molar-refractivity contribution is -0.138. The fraction of sp³-hybridized carbons (Fsp3) is 0.200. The first-order valence-corrected chi connectivity index (χ1v) is 8.49. The van der Waals surface area contributed by atoms with Crippen molar-refractivity contribution in [3.05, 3.63) is 63.6 Å². The van der Waals surface area contributed by atoms with Gasteiger partial charge in [0.05, 0.1) is 22.5 Å². The van der Waals surface area contributed by atoms with Crippen LogP contribution in [0.25, 0.3) is 16.8 Å². The maximum Gasteiger partial charge on any atom is 0.338 e. The van der Waals surface area contributed by atoms with E-state index in [2.05, 4.69) is 11.9 Å². The van der Waals surface area contributed by atoms with E-state index < -0.39 is 5.97 Å². The number of ether oxygens (including phenoxy) is 1. The van der Waals surface area contributed by atoms with Crippen LogP contribution in [0.2, 0.25) is 0 Å². The maximum atomic E-state index is 13.1. The average molecular weight is 348 g/mol. The number of esters is 1. The standard InChI is InChI=1S/C20H16N2O4/c1-3-11-13-6-10(23)4-5-15(13)21-17-16-7-12-9(2)20(25)26-8-14(12)19(24)22(16)18(11)17/h4-7,17,21,23H,2-3,8H2,1H3. The highest BCUT2D eigenvalue weighted by Gasteiger charge is 2.41. The number of rotatable bonds is 1. The summed E-state index contributed by atoms with van der Waals surface area (Å²) in [5.74, 6) is -0.292. The van der Waals surface area contributed by atoms with Crippen molar-refractivity contribution >= 4 is 28.5 Å². The number of pyridine rings is 1. The number of carbonyl (C=O) groups excluding carboxylic acids is 1. The van der Waals surface area contributed by atoms with Crippen molar-refractivity contribution in [2.24, 2.45) is 0 Å². The summed E-state index contributed by atoms with van der Waals surface area (Å²) < 4.78 is 6.75. The van der Waals surface area contributed by atoms with Gasteiger partial charge in [0.1, 0.15) is 18.4 Å². The van der Waals surface area contributed by atoms with Crippen LogP contribution < -0.4 is 10.9 Å². The van der Waals surface area contributed by atoms with Crippen LogP contribution in [0.4, 0.5) is 5.69 Å². The molecule has 0 saturated heterocycles. The van der Waals surface area contributed by atoms with E-state index >= 15 is 0 Å². The second kappa shape index (κ2) is 4.88. The van der Waals surface area contributed by atoms with Crippen molar-refractivity contribution in [1.82, 2.24) is 4.57 Å². The van der Waals surface area contributed by atoms with Crippen LogP contribution >= 0.6 is 0 Å². The fourth-order valence-electron chi connectivity index (χ4n) is 4.10. The average Bonchev–Trinajstić information content (AvgIpc) is 2.62. The maximum absolute atomic E-state index is 13.1. The lowest BCUT2D eigenvalue weighted by Crippen LogP contribution is -2.43. The number of benzene rings is 1. The number of fused-ring (bicyclic) bond motifs is 6. The predicted molar refractivity (Wildman–Crippen MR) is 97.4 cm³/mol. The molecule has 0 radical (unpaired) electrons. The SMILES string of the molecule is C=C1C(=O)OCc2c1cc1n(c2=O)C2=C(CC)c3cc(O)ccc3NC21. The number of carbonyl (C=O) groups is 1. The largest absolute Gasteiger partial charge is 0.508 e. The van der Waals surface area contributed by atoms with Gasteiger partial charge in [0.25, 0.3) is 5.56 Å². The van der Waals surface area contributed by atoms with E-state index in [1.165, 1.54) is 0 Å². The number of nitrogens with zero attached hydrogens (tertiary/aromatic N) is 1. The van der Waals surface area contributed by atoms with E-state index in [1.54, 1.807) is 16.7 Å². The zero-order chi connectivity index (χ0) is 18.2. The second-order valence-corrected chi connectivity index (χ2v) is 6.68. The number of aromatic hydroxyl groups is 1. The zero-order valence-corrected chi connectivity index (χ0v) is 14.1. The van der Waals surface area contributed by atoms with Gasteiger partial charge in [0.2, 0.25) is 0 Å². The number of aromatic nitrogens is 1. The first-order valence-electron chi connectivity index (χ1n) is 8.49. The van der Waals surface area contributed by atoms with Crippen molar-refractivity contribution in [1.29, 1.82) is 0 Å². The molecule has 26 heavy (non-hydrogen) atoms. The molecule has 6 nitrogen and oxygen atoms in total. The Morgan fingerprint density at radius 1 is 1.31 bits per heavy atom. The molecule has 4 heterocycles. The predicted octanol–water partition coefficient (Wildman–Crippen LogP) is 2.88. The molecule has 130 valence electrons. The minimum Gasteiger partial charge on any atom is -0.508 e. The van der Waals surface area contributed by atoms with Gasteiger partial charge in [0, 0.05) is 16.8 Å². The van der Waals surface area contributed by atoms with Crippen molar-refractivity contribution in [3.8, 4) is 5.75 Å². The molecule has 6 heteroatoms. The van der Waals surface area contributed by atoms with Gasteiger partial charge in [-0.1, -0.05) is 13.5 Å². The molecule has 0 saturated carbocycles. The van der Waals surface area contributed by atoms with Gasteiger partial charge in [0.15, 0.2) is 0 Å². The lowest BCUT2D eigenvalue weighted by atomic mass is 9.84. The topological polar surface area (TPSA) is 80.6 Å². The summed E-state index contributed by atoms with van der Waals surface area (Å²) in [4.78, 5) is 24.8. The van der Waals surface area contributed by atoms with Crippen molar-refractivity contribution in [2.75, 3.05) is 5.32 Å². The van der Waals surface area contributed by atoms with Crippen LogP contribution in [0, 0.1) is 0 Å². The second-order valence-electron chi connectivity index (χ2n) is 6.68. The van der Waals surface area contributed by atoms with Crippen LogP contribution in [0.15, 0.2) is 35.6 Å². The van der Waals surface area contributed by atoms with E-state index in [4.69, 9.17) is 4.74 Å². The molecule has 3 aliphatic heterocycles. The van der Waals surface area contributed by atoms with Gasteiger partial charge in [-0.05, 0) is 36.3 Å². The molecule has 0 spiro atoms. The van der Waals surface area contributed by atoms with Gasteiger partial charge in [-0.3, -0.25) is 9.36 Å². The number of hydrogen-bond acceptors (Lipinski definition) is 5. The molecule has 1 aromatic carbocycles. The van der Waals surface area contributed by atoms with Gasteiger partial charge >= 0.3 is 5.97 Å². The van der Waals surface area contributed by atoms with Gasteiger partial charge < -0.3 is 15.2 Å². The summed E-state index contributed by atoms with van der Waals surface area (Å²) in [6.07, 6.45) is 0.731. The smallest absolute Gasteiger partial charge is 0.338 e. The number of hydrogen-bond donors (Lipinski definition) is 2. The van der Waals surface area contributed by atoms with Crippen LogP contribution in [-0.4, -0.2) is 15.6 Å². The molecule has 2 aromatic rings. The molecule has 0 amide bonds. The van der Waals surface area contributed by atoms with Crippen molar-refractivity contribution in [3.63, 3.8) is 0 Å². The number of anilines is 1. The van der Waals surface area contributed by atoms with E-state index in [9.17, 15) is 14.7 Å². The highest BCUT2D eigenvalue weighted by molar-refractivity contribution is 6.17. The van der Waals surface area contributed by atoms with Crippen LogP contribution in [0.5, 0.6) is 5.75 Å². The van der Waals surface area contributed by atoms with E-state index in [1.807, 2.05) is 19.1 Å². The first-order chi connectivity index (χ1) is 12.5. The third-order valence-electron chi connectivity index (χ3n) is 5.36. The summed E-state index contributed by atoms with van der Waals surface area (Å²) >= 11 is 0. The molecule has 3 aliphatic rings. The Hall–Kier alpha value is -3.28. The van der Waals surface area contributed by atoms with E-state index in [0.29, 0.717) is 11.1 Å². The Morgan fingerprint density at radius 3 is 2.88 bits per heavy atom. The Balaban J connectivity index is 1.78. The van der Waals surface area contributed by atoms with Crippen LogP contribution in [0.1, 0.15) is 41.8 Å². The summed E-state index contributed by atoms with van der Waals surface area (Å²) in [5, 5.41) is 13.3. The summed E-state index contributed by atoms with van der Waals surface area (Å²) in [6.45, 7) is 5.77. The number of phenolic OH excluding ortho intramolecular Hbond substituents is 1. The van der Waals surface area contributed by atoms with Crippen molar-refractivity contribution < 1.29 is 14.6 Å². The molecule has 0 fully saturated rings. The minimum absolute atomic E-state index is 0.0312. The molecule has 5 rings (SSSR count). The monoisotopic (exact) mass is 348 g/mol. The van der Waals surface area contributed by atoms with E-state index in [-0.39, 0.29) is 29.5 Å². The molecule has 0 bridgehead atoms. The van der Waals surface area contributed by atoms with Crippen molar-refractivity contribution in [2.45, 2.75) is 26.0 Å². The summed E-state index contributed by atoms with van der Waals surface area (Å²) in [5.41, 5.74) is 5.65. The third-order valence-corrected chi connectivity index (χ3v) is 5.36. The number of cyclic esters (lactones) is 1. The molecule has 2 N–H and O–H groups in total. The highest BCUT2D eigenvalue weighted by Crippen LogP contribution is 2.50. The van der Waals surface area contributed by atoms with Gasteiger partial charge in [-0.2, -0.15) is 0 Å². The molecule has 1 atom stereocenters. The quantitative estimate of drug-likeness (QED) is 0.471. The highest BCUT2D eigenvalue weighted by atomic mass is 16.5. The minimum atomic E-state index is -0.483. The summed E-state index contributed by atoms with van der Waals surface area (Å²) in [7, 11) is 0.